The minimum atomic E-state index is -0.413. The molecule has 0 N–H and O–H groups in total. The summed E-state index contributed by atoms with van der Waals surface area (Å²) in [5.41, 5.74) is 0. The maximum Gasteiger partial charge on any atom is 0.163 e. The lowest BCUT2D eigenvalue weighted by Crippen LogP contribution is -2.37. The highest BCUT2D eigenvalue weighted by Crippen LogP contribution is 2.77. The number of hydrogen-bond acceptors (Lipinski definition) is 4. The average Bonchev–Trinajstić information content (AvgIpc) is 3.20. The van der Waals surface area contributed by atoms with Crippen molar-refractivity contribution in [1.29, 1.82) is 0 Å². The summed E-state index contributed by atoms with van der Waals surface area (Å²) < 4.78 is 25.8. The first kappa shape index (κ1) is 14.0. The van der Waals surface area contributed by atoms with Gasteiger partial charge in [0.25, 0.3) is 0 Å². The Morgan fingerprint density at radius 3 is 1.42 bits per heavy atom. The van der Waals surface area contributed by atoms with Gasteiger partial charge in [-0.05, 0) is 87.9 Å². The highest BCUT2D eigenvalue weighted by molar-refractivity contribution is 5.26. The molecule has 0 aromatic carbocycles. The van der Waals surface area contributed by atoms with Crippen LogP contribution in [0.1, 0.15) is 40.5 Å². The van der Waals surface area contributed by atoms with Crippen molar-refractivity contribution in [3.05, 3.63) is 0 Å². The first-order valence-corrected chi connectivity index (χ1v) is 10.1. The van der Waals surface area contributed by atoms with Crippen molar-refractivity contribution in [2.75, 3.05) is 0 Å². The summed E-state index contributed by atoms with van der Waals surface area (Å²) >= 11 is 0. The molecule has 7 fully saturated rings. The van der Waals surface area contributed by atoms with E-state index in [4.69, 9.17) is 18.9 Å². The molecule has 132 valence electrons. The molecule has 2 aliphatic heterocycles. The van der Waals surface area contributed by atoms with Crippen molar-refractivity contribution in [2.45, 2.75) is 76.5 Å². The van der Waals surface area contributed by atoms with E-state index in [0.717, 1.165) is 35.5 Å². The van der Waals surface area contributed by atoms with Crippen LogP contribution in [-0.2, 0) is 18.9 Å². The van der Waals surface area contributed by atoms with E-state index in [1.54, 1.807) is 0 Å². The number of hydrogen-bond donors (Lipinski definition) is 0. The molecule has 0 aromatic rings. The first-order chi connectivity index (χ1) is 11.3. The maximum absolute atomic E-state index is 6.48. The third-order valence-corrected chi connectivity index (χ3v) is 8.84. The largest absolute Gasteiger partial charge is 0.344 e. The van der Waals surface area contributed by atoms with Crippen LogP contribution in [0.5, 0.6) is 0 Å². The van der Waals surface area contributed by atoms with Crippen LogP contribution >= 0.6 is 0 Å². The van der Waals surface area contributed by atoms with Gasteiger partial charge in [0.1, 0.15) is 0 Å². The summed E-state index contributed by atoms with van der Waals surface area (Å²) in [4.78, 5) is 0. The molecule has 12 atom stereocenters. The van der Waals surface area contributed by atoms with Crippen LogP contribution in [0.15, 0.2) is 0 Å². The molecule has 2 heterocycles. The molecule has 0 radical (unpaired) electrons. The van der Waals surface area contributed by atoms with E-state index < -0.39 is 11.6 Å². The summed E-state index contributed by atoms with van der Waals surface area (Å²) in [5, 5.41) is 0. The van der Waals surface area contributed by atoms with E-state index >= 15 is 0 Å². The summed E-state index contributed by atoms with van der Waals surface area (Å²) in [6, 6.07) is 0. The first-order valence-electron chi connectivity index (χ1n) is 10.1. The van der Waals surface area contributed by atoms with Crippen LogP contribution in [-0.4, -0.2) is 36.0 Å². The Kier molecular flexibility index (Phi) is 2.19. The zero-order valence-corrected chi connectivity index (χ0v) is 15.0. The van der Waals surface area contributed by atoms with Gasteiger partial charge in [0.15, 0.2) is 11.6 Å². The van der Waals surface area contributed by atoms with E-state index in [0.29, 0.717) is 36.3 Å². The molecule has 5 aliphatic carbocycles. The van der Waals surface area contributed by atoms with E-state index in [-0.39, 0.29) is 0 Å². The van der Waals surface area contributed by atoms with Crippen molar-refractivity contribution in [2.24, 2.45) is 47.3 Å². The van der Waals surface area contributed by atoms with Gasteiger partial charge < -0.3 is 18.9 Å². The van der Waals surface area contributed by atoms with Crippen LogP contribution < -0.4 is 0 Å². The van der Waals surface area contributed by atoms with Gasteiger partial charge in [0, 0.05) is 0 Å². The predicted octanol–water partition coefficient (Wildman–Crippen LogP) is 2.80. The van der Waals surface area contributed by atoms with E-state index in [2.05, 4.69) is 27.7 Å². The van der Waals surface area contributed by atoms with E-state index in [1.165, 1.54) is 12.8 Å². The van der Waals surface area contributed by atoms with Crippen LogP contribution in [0.25, 0.3) is 0 Å². The van der Waals surface area contributed by atoms with Crippen molar-refractivity contribution in [3.8, 4) is 0 Å². The van der Waals surface area contributed by atoms with Gasteiger partial charge in [-0.25, -0.2) is 0 Å². The topological polar surface area (TPSA) is 36.9 Å². The Balaban J connectivity index is 1.35. The Bertz CT molecular complexity index is 577. The van der Waals surface area contributed by atoms with Crippen LogP contribution in [0.3, 0.4) is 0 Å². The number of fused-ring (bicyclic) bond motifs is 7. The molecule has 8 unspecified atom stereocenters. The summed E-state index contributed by atoms with van der Waals surface area (Å²) in [6.07, 6.45) is 3.97. The third-order valence-electron chi connectivity index (χ3n) is 8.84. The molecule has 2 saturated heterocycles. The smallest absolute Gasteiger partial charge is 0.163 e. The van der Waals surface area contributed by atoms with E-state index in [9.17, 15) is 0 Å². The second kappa shape index (κ2) is 3.76. The molecule has 0 bridgehead atoms. The molecule has 0 aromatic heterocycles. The Hall–Kier alpha value is -0.160. The molecule has 0 spiro atoms. The van der Waals surface area contributed by atoms with Crippen molar-refractivity contribution in [1.82, 2.24) is 0 Å². The molecule has 5 saturated carbocycles. The Morgan fingerprint density at radius 2 is 0.958 bits per heavy atom. The zero-order chi connectivity index (χ0) is 16.2. The molecular formula is C20H28O4. The van der Waals surface area contributed by atoms with Gasteiger partial charge in [0.2, 0.25) is 0 Å². The van der Waals surface area contributed by atoms with Crippen LogP contribution in [0, 0.1) is 47.3 Å². The zero-order valence-electron chi connectivity index (χ0n) is 15.0. The second-order valence-electron chi connectivity index (χ2n) is 10.6. The van der Waals surface area contributed by atoms with Crippen molar-refractivity contribution in [3.63, 3.8) is 0 Å². The van der Waals surface area contributed by atoms with Crippen LogP contribution in [0.2, 0.25) is 0 Å². The molecule has 7 rings (SSSR count). The average molecular weight is 332 g/mol. The molecular weight excluding hydrogens is 304 g/mol. The SMILES string of the molecule is CC1(C)O[C@@H]2C3C4C5C(CC6C5C3[C@@H]3OC(C)(C)O[C@H]63)CC4[C@@H]2O1. The Labute approximate surface area is 143 Å². The highest BCUT2D eigenvalue weighted by atomic mass is 16.8. The van der Waals surface area contributed by atoms with Crippen LogP contribution in [0.4, 0.5) is 0 Å². The number of rotatable bonds is 0. The molecule has 4 heteroatoms. The maximum atomic E-state index is 6.48. The van der Waals surface area contributed by atoms with Gasteiger partial charge in [-0.3, -0.25) is 0 Å². The molecule has 24 heavy (non-hydrogen) atoms. The fraction of sp³-hybridized carbons (Fsp3) is 1.00. The normalized spacial score (nSPS) is 68.5. The van der Waals surface area contributed by atoms with Gasteiger partial charge in [-0.2, -0.15) is 0 Å². The van der Waals surface area contributed by atoms with Gasteiger partial charge in [-0.15, -0.1) is 0 Å². The fourth-order valence-corrected chi connectivity index (χ4v) is 8.95. The van der Waals surface area contributed by atoms with Crippen molar-refractivity contribution < 1.29 is 18.9 Å². The lowest BCUT2D eigenvalue weighted by atomic mass is 9.85. The second-order valence-corrected chi connectivity index (χ2v) is 10.6. The molecule has 7 aliphatic rings. The number of ether oxygens (including phenoxy) is 4. The highest BCUT2D eigenvalue weighted by Gasteiger charge is 2.79. The quantitative estimate of drug-likeness (QED) is 0.683. The van der Waals surface area contributed by atoms with Gasteiger partial charge in [0.05, 0.1) is 24.4 Å². The minimum Gasteiger partial charge on any atom is -0.344 e. The Morgan fingerprint density at radius 1 is 0.542 bits per heavy atom. The molecule has 0 amide bonds. The van der Waals surface area contributed by atoms with E-state index in [1.807, 2.05) is 0 Å². The standard InChI is InChI=1S/C20H28O4/c1-19(2)21-15-8-5-7-6-9-12-10(7)11(8)13(17(15)23-19)14(12)18-16(9)22-20(3,4)24-18/h7-18H,5-6H2,1-4H3/t7?,8?,9?,10?,11?,12?,13?,14?,15-,16+,17+,18-. The molecule has 4 nitrogen and oxygen atoms in total. The minimum absolute atomic E-state index is 0.290. The lowest BCUT2D eigenvalue weighted by Gasteiger charge is -2.30. The summed E-state index contributed by atoms with van der Waals surface area (Å²) in [6.45, 7) is 8.37. The summed E-state index contributed by atoms with van der Waals surface area (Å²) in [7, 11) is 0. The lowest BCUT2D eigenvalue weighted by molar-refractivity contribution is -0.176. The fourth-order valence-electron chi connectivity index (χ4n) is 8.95. The monoisotopic (exact) mass is 332 g/mol. The summed E-state index contributed by atoms with van der Waals surface area (Å²) in [5.74, 6) is 5.38. The van der Waals surface area contributed by atoms with Gasteiger partial charge in [-0.1, -0.05) is 0 Å². The third kappa shape index (κ3) is 1.35. The van der Waals surface area contributed by atoms with Crippen molar-refractivity contribution >= 4 is 0 Å². The van der Waals surface area contributed by atoms with Gasteiger partial charge >= 0.3 is 0 Å². The predicted molar refractivity (Wildman–Crippen MR) is 84.8 cm³/mol.